The zero-order valence-electron chi connectivity index (χ0n) is 12.8. The molecule has 4 nitrogen and oxygen atoms in total. The van der Waals surface area contributed by atoms with Gasteiger partial charge in [-0.05, 0) is 41.9 Å². The first-order chi connectivity index (χ1) is 10.5. The molecule has 2 aliphatic carbocycles. The van der Waals surface area contributed by atoms with Gasteiger partial charge in [-0.2, -0.15) is 0 Å². The Hall–Kier alpha value is -2.10. The van der Waals surface area contributed by atoms with Crippen LogP contribution in [0.5, 0.6) is 0 Å². The molecule has 0 saturated heterocycles. The summed E-state index contributed by atoms with van der Waals surface area (Å²) in [4.78, 5) is 24.0. The number of carboxylic acid groups (broad SMARTS) is 1. The van der Waals surface area contributed by atoms with Crippen molar-refractivity contribution in [2.75, 3.05) is 5.32 Å². The molecule has 2 aliphatic rings. The summed E-state index contributed by atoms with van der Waals surface area (Å²) in [5.41, 5.74) is 1.94. The van der Waals surface area contributed by atoms with E-state index >= 15 is 0 Å². The molecule has 2 bridgehead atoms. The van der Waals surface area contributed by atoms with E-state index in [0.717, 1.165) is 12.1 Å². The third-order valence-electron chi connectivity index (χ3n) is 4.89. The van der Waals surface area contributed by atoms with E-state index < -0.39 is 17.8 Å². The van der Waals surface area contributed by atoms with E-state index in [2.05, 4.69) is 19.2 Å². The van der Waals surface area contributed by atoms with E-state index in [-0.39, 0.29) is 17.7 Å². The molecule has 0 heterocycles. The highest BCUT2D eigenvalue weighted by molar-refractivity contribution is 5.96. The van der Waals surface area contributed by atoms with Gasteiger partial charge in [0, 0.05) is 5.69 Å². The number of carbonyl (C=O) groups is 2. The third-order valence-corrected chi connectivity index (χ3v) is 4.89. The molecule has 1 saturated carbocycles. The van der Waals surface area contributed by atoms with Gasteiger partial charge in [-0.1, -0.05) is 38.1 Å². The number of carbonyl (C=O) groups excluding carboxylic acids is 1. The molecule has 4 heteroatoms. The molecule has 0 radical (unpaired) electrons. The molecular formula is C18H21NO3. The van der Waals surface area contributed by atoms with Crippen LogP contribution in [-0.2, 0) is 9.59 Å². The van der Waals surface area contributed by atoms with Gasteiger partial charge in [0.05, 0.1) is 11.8 Å². The van der Waals surface area contributed by atoms with E-state index in [4.69, 9.17) is 0 Å². The number of nitrogens with one attached hydrogen (secondary N) is 1. The fourth-order valence-corrected chi connectivity index (χ4v) is 3.69. The molecule has 22 heavy (non-hydrogen) atoms. The van der Waals surface area contributed by atoms with Gasteiger partial charge < -0.3 is 10.4 Å². The summed E-state index contributed by atoms with van der Waals surface area (Å²) in [5.74, 6) is -1.60. The molecule has 4 atom stereocenters. The first-order valence-electron chi connectivity index (χ1n) is 7.79. The monoisotopic (exact) mass is 299 g/mol. The number of hydrogen-bond donors (Lipinski definition) is 2. The Morgan fingerprint density at radius 3 is 2.23 bits per heavy atom. The lowest BCUT2D eigenvalue weighted by molar-refractivity contribution is -0.146. The molecule has 2 N–H and O–H groups in total. The summed E-state index contributed by atoms with van der Waals surface area (Å²) < 4.78 is 0. The molecule has 3 rings (SSSR count). The average molecular weight is 299 g/mol. The zero-order chi connectivity index (χ0) is 15.9. The number of fused-ring (bicyclic) bond motifs is 2. The minimum absolute atomic E-state index is 0.00145. The second-order valence-electron chi connectivity index (χ2n) is 6.60. The van der Waals surface area contributed by atoms with Crippen LogP contribution in [0.15, 0.2) is 36.4 Å². The second-order valence-corrected chi connectivity index (χ2v) is 6.60. The number of benzene rings is 1. The van der Waals surface area contributed by atoms with Crippen molar-refractivity contribution in [1.29, 1.82) is 0 Å². The van der Waals surface area contributed by atoms with Crippen molar-refractivity contribution in [3.8, 4) is 0 Å². The molecule has 0 spiro atoms. The highest BCUT2D eigenvalue weighted by Crippen LogP contribution is 2.48. The van der Waals surface area contributed by atoms with Gasteiger partial charge in [0.1, 0.15) is 0 Å². The van der Waals surface area contributed by atoms with E-state index in [1.807, 2.05) is 36.4 Å². The van der Waals surface area contributed by atoms with Gasteiger partial charge in [-0.25, -0.2) is 0 Å². The number of anilines is 1. The minimum atomic E-state index is -0.868. The Morgan fingerprint density at radius 2 is 1.68 bits per heavy atom. The molecule has 1 aromatic carbocycles. The maximum Gasteiger partial charge on any atom is 0.307 e. The number of carboxylic acids is 1. The first kappa shape index (κ1) is 14.8. The maximum absolute atomic E-state index is 12.5. The number of amides is 1. The highest BCUT2D eigenvalue weighted by Gasteiger charge is 2.51. The Bertz CT molecular complexity index is 618. The molecule has 1 aromatic rings. The van der Waals surface area contributed by atoms with Crippen molar-refractivity contribution >= 4 is 17.6 Å². The predicted molar refractivity (Wildman–Crippen MR) is 84.5 cm³/mol. The highest BCUT2D eigenvalue weighted by atomic mass is 16.4. The summed E-state index contributed by atoms with van der Waals surface area (Å²) in [6.07, 6.45) is 4.72. The van der Waals surface area contributed by atoms with Gasteiger partial charge in [0.15, 0.2) is 0 Å². The quantitative estimate of drug-likeness (QED) is 0.839. The lowest BCUT2D eigenvalue weighted by Gasteiger charge is -2.23. The van der Waals surface area contributed by atoms with Crippen LogP contribution in [0.1, 0.15) is 31.7 Å². The summed E-state index contributed by atoms with van der Waals surface area (Å²) in [5, 5.41) is 12.3. The van der Waals surface area contributed by atoms with Crippen molar-refractivity contribution in [2.24, 2.45) is 23.7 Å². The van der Waals surface area contributed by atoms with Crippen LogP contribution in [0.4, 0.5) is 5.69 Å². The normalized spacial score (nSPS) is 29.0. The largest absolute Gasteiger partial charge is 0.481 e. The van der Waals surface area contributed by atoms with Crippen LogP contribution in [0.25, 0.3) is 0 Å². The molecule has 1 fully saturated rings. The number of hydrogen-bond acceptors (Lipinski definition) is 2. The van der Waals surface area contributed by atoms with Crippen LogP contribution in [0.2, 0.25) is 0 Å². The van der Waals surface area contributed by atoms with Crippen molar-refractivity contribution in [2.45, 2.75) is 26.2 Å². The Balaban J connectivity index is 1.74. The molecule has 116 valence electrons. The lowest BCUT2D eigenvalue weighted by atomic mass is 9.82. The van der Waals surface area contributed by atoms with E-state index in [0.29, 0.717) is 5.92 Å². The number of rotatable bonds is 4. The SMILES string of the molecule is CC(C)c1ccc(NC(=O)[C@@H]2[C@@H](C(=O)O)[C@H]3C=C[C@H]2C3)cc1. The standard InChI is InChI=1S/C18H21NO3/c1-10(2)11-5-7-14(8-6-11)19-17(20)15-12-3-4-13(9-12)16(15)18(21)22/h3-8,10,12-13,15-16H,9H2,1-2H3,(H,19,20)(H,21,22)/t12-,13-,15-,16-/m0/s1. The summed E-state index contributed by atoms with van der Waals surface area (Å²) in [6.45, 7) is 4.24. The van der Waals surface area contributed by atoms with Crippen LogP contribution in [-0.4, -0.2) is 17.0 Å². The Kier molecular flexibility index (Phi) is 3.77. The molecule has 0 unspecified atom stereocenters. The summed E-state index contributed by atoms with van der Waals surface area (Å²) >= 11 is 0. The average Bonchev–Trinajstić information content (AvgIpc) is 3.08. The smallest absolute Gasteiger partial charge is 0.307 e. The fraction of sp³-hybridized carbons (Fsp3) is 0.444. The lowest BCUT2D eigenvalue weighted by Crippen LogP contribution is -2.36. The third kappa shape index (κ3) is 2.54. The van der Waals surface area contributed by atoms with Crippen LogP contribution in [0.3, 0.4) is 0 Å². The van der Waals surface area contributed by atoms with Gasteiger partial charge in [0.2, 0.25) is 5.91 Å². The number of aliphatic carboxylic acids is 1. The molecule has 0 aliphatic heterocycles. The van der Waals surface area contributed by atoms with Crippen molar-refractivity contribution in [1.82, 2.24) is 0 Å². The summed E-state index contributed by atoms with van der Waals surface area (Å²) in [6, 6.07) is 7.75. The first-order valence-corrected chi connectivity index (χ1v) is 7.79. The maximum atomic E-state index is 12.5. The van der Waals surface area contributed by atoms with E-state index in [9.17, 15) is 14.7 Å². The summed E-state index contributed by atoms with van der Waals surface area (Å²) in [7, 11) is 0. The second kappa shape index (κ2) is 5.59. The van der Waals surface area contributed by atoms with Crippen molar-refractivity contribution < 1.29 is 14.7 Å². The molecule has 0 aromatic heterocycles. The topological polar surface area (TPSA) is 66.4 Å². The zero-order valence-corrected chi connectivity index (χ0v) is 12.8. The Labute approximate surface area is 130 Å². The molecular weight excluding hydrogens is 278 g/mol. The van der Waals surface area contributed by atoms with Crippen molar-refractivity contribution in [3.05, 3.63) is 42.0 Å². The number of allylic oxidation sites excluding steroid dienone is 2. The van der Waals surface area contributed by atoms with Gasteiger partial charge in [-0.3, -0.25) is 9.59 Å². The minimum Gasteiger partial charge on any atom is -0.481 e. The fourth-order valence-electron chi connectivity index (χ4n) is 3.69. The Morgan fingerprint density at radius 1 is 1.09 bits per heavy atom. The molecule has 1 amide bonds. The van der Waals surface area contributed by atoms with Gasteiger partial charge in [0.25, 0.3) is 0 Å². The van der Waals surface area contributed by atoms with E-state index in [1.54, 1.807) is 0 Å². The van der Waals surface area contributed by atoms with Crippen molar-refractivity contribution in [3.63, 3.8) is 0 Å². The van der Waals surface area contributed by atoms with Crippen LogP contribution in [0, 0.1) is 23.7 Å². The van der Waals surface area contributed by atoms with Crippen LogP contribution < -0.4 is 5.32 Å². The van der Waals surface area contributed by atoms with Gasteiger partial charge >= 0.3 is 5.97 Å². The van der Waals surface area contributed by atoms with E-state index in [1.165, 1.54) is 5.56 Å². The van der Waals surface area contributed by atoms with Crippen LogP contribution >= 0.6 is 0 Å². The predicted octanol–water partition coefficient (Wildman–Crippen LogP) is 3.27. The van der Waals surface area contributed by atoms with Gasteiger partial charge in [-0.15, -0.1) is 0 Å².